The third kappa shape index (κ3) is 0.869. The Bertz CT molecular complexity index is 716. The molecule has 0 aliphatic carbocycles. The van der Waals surface area contributed by atoms with Gasteiger partial charge in [0.15, 0.2) is 0 Å². The summed E-state index contributed by atoms with van der Waals surface area (Å²) < 4.78 is 3.50. The van der Waals surface area contributed by atoms with E-state index in [1.807, 2.05) is 18.5 Å². The number of rotatable bonds is 0. The van der Waals surface area contributed by atoms with Crippen LogP contribution >= 0.6 is 0 Å². The van der Waals surface area contributed by atoms with E-state index < -0.39 is 0 Å². The molecule has 0 amide bonds. The van der Waals surface area contributed by atoms with Crippen LogP contribution < -0.4 is 5.56 Å². The number of imidazole rings is 1. The van der Waals surface area contributed by atoms with E-state index in [1.54, 1.807) is 22.9 Å². The molecule has 0 spiro atoms. The highest BCUT2D eigenvalue weighted by atomic mass is 16.1. The maximum Gasteiger partial charge on any atom is 0.268 e. The normalized spacial score (nSPS) is 11.6. The number of hydrogen-bond acceptors (Lipinski definition) is 2. The van der Waals surface area contributed by atoms with E-state index in [0.717, 1.165) is 11.3 Å². The summed E-state index contributed by atoms with van der Waals surface area (Å²) in [5.74, 6) is 0.660. The van der Waals surface area contributed by atoms with Crippen molar-refractivity contribution in [2.24, 2.45) is 7.05 Å². The van der Waals surface area contributed by atoms with Gasteiger partial charge in [0.2, 0.25) is 5.78 Å². The van der Waals surface area contributed by atoms with Crippen LogP contribution in [0.15, 0.2) is 23.3 Å². The van der Waals surface area contributed by atoms with Crippen LogP contribution in [-0.2, 0) is 7.05 Å². The van der Waals surface area contributed by atoms with Gasteiger partial charge in [-0.15, -0.1) is 0 Å². The van der Waals surface area contributed by atoms with E-state index in [4.69, 9.17) is 0 Å². The third-order valence-electron chi connectivity index (χ3n) is 2.71. The summed E-state index contributed by atoms with van der Waals surface area (Å²) in [5.41, 5.74) is 1.64. The Labute approximate surface area is 85.0 Å². The van der Waals surface area contributed by atoms with Crippen molar-refractivity contribution in [1.29, 1.82) is 0 Å². The molecule has 0 radical (unpaired) electrons. The molecular formula is C10H10N4O. The Hall–Kier alpha value is -2.04. The molecule has 0 aromatic carbocycles. The predicted molar refractivity (Wildman–Crippen MR) is 57.0 cm³/mol. The first kappa shape index (κ1) is 8.28. The lowest BCUT2D eigenvalue weighted by Crippen LogP contribution is -2.17. The second kappa shape index (κ2) is 2.50. The first-order valence-electron chi connectivity index (χ1n) is 4.70. The fourth-order valence-electron chi connectivity index (χ4n) is 1.94. The lowest BCUT2D eigenvalue weighted by atomic mass is 10.4. The average Bonchev–Trinajstić information content (AvgIpc) is 2.80. The molecule has 0 bridgehead atoms. The Kier molecular flexibility index (Phi) is 1.38. The standard InChI is InChI=1S/C10H10N4O/c1-6-5-12-10-13(2)8-7(3-4-11-8)9(15)14(6)10/h3-5,11H,1-2H3. The molecule has 0 saturated heterocycles. The molecule has 15 heavy (non-hydrogen) atoms. The van der Waals surface area contributed by atoms with Crippen molar-refractivity contribution in [2.45, 2.75) is 6.92 Å². The number of fused-ring (bicyclic) bond motifs is 2. The summed E-state index contributed by atoms with van der Waals surface area (Å²) in [6.07, 6.45) is 3.47. The van der Waals surface area contributed by atoms with Gasteiger partial charge < -0.3 is 9.55 Å². The monoisotopic (exact) mass is 202 g/mol. The van der Waals surface area contributed by atoms with Gasteiger partial charge in [-0.05, 0) is 13.0 Å². The molecule has 3 rings (SSSR count). The average molecular weight is 202 g/mol. The van der Waals surface area contributed by atoms with Gasteiger partial charge in [-0.2, -0.15) is 0 Å². The van der Waals surface area contributed by atoms with Crippen LogP contribution in [0, 0.1) is 6.92 Å². The van der Waals surface area contributed by atoms with E-state index in [9.17, 15) is 4.79 Å². The number of aromatic amines is 1. The summed E-state index contributed by atoms with van der Waals surface area (Å²) >= 11 is 0. The third-order valence-corrected chi connectivity index (χ3v) is 2.71. The van der Waals surface area contributed by atoms with Crippen LogP contribution in [0.1, 0.15) is 5.69 Å². The van der Waals surface area contributed by atoms with Crippen molar-refractivity contribution in [2.75, 3.05) is 0 Å². The van der Waals surface area contributed by atoms with Crippen molar-refractivity contribution in [3.8, 4) is 0 Å². The first-order valence-corrected chi connectivity index (χ1v) is 4.70. The van der Waals surface area contributed by atoms with Crippen molar-refractivity contribution < 1.29 is 0 Å². The second-order valence-corrected chi connectivity index (χ2v) is 3.64. The maximum atomic E-state index is 12.1. The fourth-order valence-corrected chi connectivity index (χ4v) is 1.94. The SMILES string of the molecule is Cc1cnc2n(C)c3[nH]ccc3c(=O)n12. The quantitative estimate of drug-likeness (QED) is 0.586. The number of aromatic nitrogens is 4. The summed E-state index contributed by atoms with van der Waals surface area (Å²) in [5, 5.41) is 0.686. The predicted octanol–water partition coefficient (Wildman–Crippen LogP) is 0.823. The van der Waals surface area contributed by atoms with E-state index in [2.05, 4.69) is 9.97 Å². The van der Waals surface area contributed by atoms with Crippen molar-refractivity contribution in [3.05, 3.63) is 34.5 Å². The molecular weight excluding hydrogens is 192 g/mol. The smallest absolute Gasteiger partial charge is 0.268 e. The van der Waals surface area contributed by atoms with Crippen LogP contribution in [0.2, 0.25) is 0 Å². The number of nitrogens with one attached hydrogen (secondary N) is 1. The second-order valence-electron chi connectivity index (χ2n) is 3.64. The molecule has 3 aromatic heterocycles. The lowest BCUT2D eigenvalue weighted by molar-refractivity contribution is 0.892. The van der Waals surface area contributed by atoms with Gasteiger partial charge in [0.25, 0.3) is 5.56 Å². The van der Waals surface area contributed by atoms with Crippen molar-refractivity contribution in [1.82, 2.24) is 18.9 Å². The van der Waals surface area contributed by atoms with Gasteiger partial charge in [0.1, 0.15) is 5.65 Å². The van der Waals surface area contributed by atoms with Crippen LogP contribution in [0.5, 0.6) is 0 Å². The summed E-state index contributed by atoms with van der Waals surface area (Å²) in [6, 6.07) is 1.79. The number of nitrogens with zero attached hydrogens (tertiary/aromatic N) is 3. The van der Waals surface area contributed by atoms with E-state index in [0.29, 0.717) is 11.2 Å². The van der Waals surface area contributed by atoms with Gasteiger partial charge in [0, 0.05) is 18.9 Å². The number of hydrogen-bond donors (Lipinski definition) is 1. The van der Waals surface area contributed by atoms with E-state index in [1.165, 1.54) is 0 Å². The van der Waals surface area contributed by atoms with E-state index >= 15 is 0 Å². The molecule has 0 saturated carbocycles. The highest BCUT2D eigenvalue weighted by Gasteiger charge is 2.11. The molecule has 0 fully saturated rings. The number of aryl methyl sites for hydroxylation is 2. The van der Waals surface area contributed by atoms with Gasteiger partial charge in [0.05, 0.1) is 11.6 Å². The summed E-state index contributed by atoms with van der Waals surface area (Å²) in [6.45, 7) is 1.87. The Morgan fingerprint density at radius 2 is 2.27 bits per heavy atom. The minimum absolute atomic E-state index is 0.0191. The molecule has 76 valence electrons. The topological polar surface area (TPSA) is 55.1 Å². The largest absolute Gasteiger partial charge is 0.347 e. The minimum atomic E-state index is -0.0191. The maximum absolute atomic E-state index is 12.1. The highest BCUT2D eigenvalue weighted by Crippen LogP contribution is 2.10. The molecule has 5 heteroatoms. The van der Waals surface area contributed by atoms with Gasteiger partial charge in [-0.1, -0.05) is 0 Å². The Morgan fingerprint density at radius 1 is 1.47 bits per heavy atom. The van der Waals surface area contributed by atoms with Crippen molar-refractivity contribution in [3.63, 3.8) is 0 Å². The van der Waals surface area contributed by atoms with Crippen LogP contribution in [0.3, 0.4) is 0 Å². The zero-order valence-corrected chi connectivity index (χ0v) is 8.48. The molecule has 0 aliphatic heterocycles. The fraction of sp³-hybridized carbons (Fsp3) is 0.200. The van der Waals surface area contributed by atoms with Gasteiger partial charge in [-0.25, -0.2) is 9.38 Å². The first-order chi connectivity index (χ1) is 7.20. The van der Waals surface area contributed by atoms with E-state index in [-0.39, 0.29) is 5.56 Å². The molecule has 3 heterocycles. The molecule has 1 N–H and O–H groups in total. The Morgan fingerprint density at radius 3 is 3.07 bits per heavy atom. The molecule has 0 unspecified atom stereocenters. The zero-order valence-electron chi connectivity index (χ0n) is 8.48. The van der Waals surface area contributed by atoms with Crippen LogP contribution in [0.25, 0.3) is 16.8 Å². The molecule has 3 aromatic rings. The molecule has 5 nitrogen and oxygen atoms in total. The lowest BCUT2D eigenvalue weighted by Gasteiger charge is -2.03. The summed E-state index contributed by atoms with van der Waals surface area (Å²) in [7, 11) is 1.89. The Balaban J connectivity index is 2.78. The van der Waals surface area contributed by atoms with Crippen LogP contribution in [0.4, 0.5) is 0 Å². The zero-order chi connectivity index (χ0) is 10.6. The summed E-state index contributed by atoms with van der Waals surface area (Å²) in [4.78, 5) is 19.3. The molecule has 0 aliphatic rings. The van der Waals surface area contributed by atoms with Gasteiger partial charge in [-0.3, -0.25) is 4.79 Å². The number of H-pyrrole nitrogens is 1. The van der Waals surface area contributed by atoms with Crippen molar-refractivity contribution >= 4 is 16.8 Å². The minimum Gasteiger partial charge on any atom is -0.347 e. The highest BCUT2D eigenvalue weighted by molar-refractivity contribution is 5.76. The van der Waals surface area contributed by atoms with Gasteiger partial charge >= 0.3 is 0 Å². The van der Waals surface area contributed by atoms with Crippen LogP contribution in [-0.4, -0.2) is 18.9 Å². The molecule has 0 atom stereocenters.